The zero-order valence-corrected chi connectivity index (χ0v) is 19.7. The smallest absolute Gasteiger partial charge is 0.282 e. The summed E-state index contributed by atoms with van der Waals surface area (Å²) in [5, 5.41) is 0. The van der Waals surface area contributed by atoms with Crippen molar-refractivity contribution in [3.05, 3.63) is 84.4 Å². The first-order chi connectivity index (χ1) is 15.9. The second kappa shape index (κ2) is 10.1. The molecule has 4 aromatic rings. The lowest BCUT2D eigenvalue weighted by molar-refractivity contribution is 0.480. The van der Waals surface area contributed by atoms with Crippen LogP contribution in [0.4, 0.5) is 0 Å². The van der Waals surface area contributed by atoms with Crippen LogP contribution < -0.4 is 0 Å². The predicted molar refractivity (Wildman–Crippen MR) is 124 cm³/mol. The van der Waals surface area contributed by atoms with E-state index in [-0.39, 0.29) is 9.79 Å². The Bertz CT molecular complexity index is 1510. The highest BCUT2D eigenvalue weighted by atomic mass is 32.2. The fraction of sp³-hybridized carbons (Fsp3) is 0.0909. The van der Waals surface area contributed by atoms with Crippen LogP contribution in [0.15, 0.2) is 83.1 Å². The third-order valence-corrected chi connectivity index (χ3v) is 6.10. The summed E-state index contributed by atoms with van der Waals surface area (Å²) in [6.45, 7) is 3.82. The summed E-state index contributed by atoms with van der Waals surface area (Å²) in [6, 6.07) is 12.6. The maximum absolute atomic E-state index is 11.0. The van der Waals surface area contributed by atoms with Crippen molar-refractivity contribution in [1.29, 1.82) is 0 Å². The average Bonchev–Trinajstić information content (AvgIpc) is 2.79. The van der Waals surface area contributed by atoms with Gasteiger partial charge in [-0.1, -0.05) is 6.07 Å². The minimum Gasteiger partial charge on any atom is -0.282 e. The lowest BCUT2D eigenvalue weighted by atomic mass is 10.2. The third-order valence-electron chi connectivity index (χ3n) is 4.42. The zero-order chi connectivity index (χ0) is 24.9. The molecule has 0 spiro atoms. The fourth-order valence-electron chi connectivity index (χ4n) is 2.69. The normalized spacial score (nSPS) is 11.4. The molecule has 0 unspecified atom stereocenters. The molecule has 10 nitrogen and oxygen atoms in total. The van der Waals surface area contributed by atoms with Crippen molar-refractivity contribution in [1.82, 2.24) is 19.9 Å². The zero-order valence-electron chi connectivity index (χ0n) is 18.1. The standard InChI is InChI=1S/2C11H10N2O3S/c1-8-2-4-12-10(6-8)11-7-9(3-5-13-11)17(14,15)16;1-8-2-4-10(12-6-8)11-5-3-9(7-13-11)17(14,15)16/h2*2-7H,1H3,(H,14,15,16). The number of aromatic nitrogens is 4. The van der Waals surface area contributed by atoms with Crippen LogP contribution in [-0.2, 0) is 20.2 Å². The van der Waals surface area contributed by atoms with E-state index in [4.69, 9.17) is 9.11 Å². The first-order valence-corrected chi connectivity index (χ1v) is 12.5. The largest absolute Gasteiger partial charge is 0.296 e. The molecule has 4 aromatic heterocycles. The van der Waals surface area contributed by atoms with Crippen LogP contribution in [0.2, 0.25) is 0 Å². The van der Waals surface area contributed by atoms with Gasteiger partial charge in [-0.2, -0.15) is 16.8 Å². The maximum Gasteiger partial charge on any atom is 0.296 e. The van der Waals surface area contributed by atoms with Gasteiger partial charge in [0.15, 0.2) is 0 Å². The predicted octanol–water partition coefficient (Wildman–Crippen LogP) is 3.40. The van der Waals surface area contributed by atoms with E-state index in [1.807, 2.05) is 26.0 Å². The molecule has 12 heteroatoms. The Kier molecular flexibility index (Phi) is 7.47. The van der Waals surface area contributed by atoms with Crippen molar-refractivity contribution in [3.63, 3.8) is 0 Å². The van der Waals surface area contributed by atoms with Crippen LogP contribution in [-0.4, -0.2) is 45.9 Å². The van der Waals surface area contributed by atoms with E-state index in [0.717, 1.165) is 17.3 Å². The summed E-state index contributed by atoms with van der Waals surface area (Å²) in [6.07, 6.45) is 5.74. The molecule has 0 atom stereocenters. The monoisotopic (exact) mass is 500 g/mol. The van der Waals surface area contributed by atoms with Crippen molar-refractivity contribution >= 4 is 20.2 Å². The topological polar surface area (TPSA) is 160 Å². The highest BCUT2D eigenvalue weighted by molar-refractivity contribution is 7.86. The molecule has 0 bridgehead atoms. The van der Waals surface area contributed by atoms with Crippen molar-refractivity contribution in [2.45, 2.75) is 23.6 Å². The minimum absolute atomic E-state index is 0.189. The molecule has 2 N–H and O–H groups in total. The molecule has 0 aliphatic heterocycles. The summed E-state index contributed by atoms with van der Waals surface area (Å²) in [5.41, 5.74) is 4.20. The molecule has 4 rings (SSSR count). The third kappa shape index (κ3) is 6.71. The molecule has 0 fully saturated rings. The number of hydrogen-bond acceptors (Lipinski definition) is 8. The van der Waals surface area contributed by atoms with E-state index < -0.39 is 20.2 Å². The molecule has 0 aromatic carbocycles. The second-order valence-electron chi connectivity index (χ2n) is 7.15. The Morgan fingerprint density at radius 2 is 1.12 bits per heavy atom. The minimum atomic E-state index is -4.21. The van der Waals surface area contributed by atoms with Gasteiger partial charge in [-0.05, 0) is 67.4 Å². The highest BCUT2D eigenvalue weighted by Gasteiger charge is 2.12. The molecular weight excluding hydrogens is 480 g/mol. The fourth-order valence-corrected chi connectivity index (χ4v) is 3.61. The van der Waals surface area contributed by atoms with Gasteiger partial charge >= 0.3 is 0 Å². The molecule has 176 valence electrons. The summed E-state index contributed by atoms with van der Waals surface area (Å²) in [5.74, 6) is 0. The van der Waals surface area contributed by atoms with Crippen LogP contribution in [0.25, 0.3) is 22.8 Å². The molecule has 0 saturated heterocycles. The van der Waals surface area contributed by atoms with E-state index in [0.29, 0.717) is 22.8 Å². The van der Waals surface area contributed by atoms with Gasteiger partial charge in [0.2, 0.25) is 0 Å². The highest BCUT2D eigenvalue weighted by Crippen LogP contribution is 2.19. The van der Waals surface area contributed by atoms with Crippen molar-refractivity contribution in [3.8, 4) is 22.8 Å². The summed E-state index contributed by atoms with van der Waals surface area (Å²) < 4.78 is 61.4. The lowest BCUT2D eigenvalue weighted by Gasteiger charge is -2.02. The van der Waals surface area contributed by atoms with Gasteiger partial charge < -0.3 is 0 Å². The number of aryl methyl sites for hydroxylation is 2. The van der Waals surface area contributed by atoms with Gasteiger partial charge in [0.05, 0.1) is 27.7 Å². The van der Waals surface area contributed by atoms with Crippen LogP contribution in [0.5, 0.6) is 0 Å². The molecule has 0 radical (unpaired) electrons. The Balaban J connectivity index is 0.000000191. The first kappa shape index (κ1) is 25.1. The van der Waals surface area contributed by atoms with E-state index >= 15 is 0 Å². The lowest BCUT2D eigenvalue weighted by Crippen LogP contribution is -1.99. The van der Waals surface area contributed by atoms with Crippen LogP contribution >= 0.6 is 0 Å². The average molecular weight is 501 g/mol. The maximum atomic E-state index is 11.0. The van der Waals surface area contributed by atoms with E-state index in [1.54, 1.807) is 24.5 Å². The molecule has 34 heavy (non-hydrogen) atoms. The molecule has 0 aliphatic rings. The van der Waals surface area contributed by atoms with E-state index in [2.05, 4.69) is 19.9 Å². The molecule has 0 aliphatic carbocycles. The number of nitrogens with zero attached hydrogens (tertiary/aromatic N) is 4. The van der Waals surface area contributed by atoms with Gasteiger partial charge in [0, 0.05) is 24.8 Å². The van der Waals surface area contributed by atoms with Gasteiger partial charge in [-0.3, -0.25) is 29.0 Å². The Morgan fingerprint density at radius 1 is 0.559 bits per heavy atom. The van der Waals surface area contributed by atoms with Crippen molar-refractivity contribution < 1.29 is 25.9 Å². The number of pyridine rings is 4. The quantitative estimate of drug-likeness (QED) is 0.397. The summed E-state index contributed by atoms with van der Waals surface area (Å²) in [4.78, 5) is 15.8. The first-order valence-electron chi connectivity index (χ1n) is 9.66. The SMILES string of the molecule is Cc1ccc(-c2ccc(S(=O)(=O)O)cn2)nc1.Cc1ccnc(-c2cc(S(=O)(=O)O)ccn2)c1. The van der Waals surface area contributed by atoms with Gasteiger partial charge in [0.1, 0.15) is 4.90 Å². The van der Waals surface area contributed by atoms with Crippen LogP contribution in [0, 0.1) is 13.8 Å². The van der Waals surface area contributed by atoms with E-state index in [9.17, 15) is 16.8 Å². The van der Waals surface area contributed by atoms with Crippen molar-refractivity contribution in [2.24, 2.45) is 0 Å². The number of hydrogen-bond donors (Lipinski definition) is 2. The van der Waals surface area contributed by atoms with Crippen molar-refractivity contribution in [2.75, 3.05) is 0 Å². The number of rotatable bonds is 4. The molecule has 0 saturated carbocycles. The van der Waals surface area contributed by atoms with Crippen LogP contribution in [0.3, 0.4) is 0 Å². The van der Waals surface area contributed by atoms with Gasteiger partial charge in [0.25, 0.3) is 20.2 Å². The summed E-state index contributed by atoms with van der Waals surface area (Å²) >= 11 is 0. The Labute approximate surface area is 196 Å². The summed E-state index contributed by atoms with van der Waals surface area (Å²) in [7, 11) is -8.40. The second-order valence-corrected chi connectivity index (χ2v) is 9.99. The molecular formula is C22H20N4O6S2. The van der Waals surface area contributed by atoms with Crippen LogP contribution in [0.1, 0.15) is 11.1 Å². The molecule has 0 amide bonds. The van der Waals surface area contributed by atoms with Gasteiger partial charge in [-0.25, -0.2) is 0 Å². The Morgan fingerprint density at radius 3 is 1.62 bits per heavy atom. The Hall–Kier alpha value is -3.58. The van der Waals surface area contributed by atoms with E-state index in [1.165, 1.54) is 30.5 Å². The van der Waals surface area contributed by atoms with Gasteiger partial charge in [-0.15, -0.1) is 0 Å². The molecule has 4 heterocycles.